The zero-order valence-electron chi connectivity index (χ0n) is 16.6. The standard InChI is InChI=1S/C20H21F2N5O3/c1-12-7-17(30-11-14-15(21)8-23-9-16(14)22)19-24-13(2)18(27(19)10-12)20(28)25-26-3-5-29-6-4-26/h7-10H,3-6,11H2,1-2H3,(H,25,28). The van der Waals surface area contributed by atoms with Crippen LogP contribution in [0, 0.1) is 25.5 Å². The first-order valence-electron chi connectivity index (χ1n) is 9.47. The minimum atomic E-state index is -0.788. The molecule has 3 aromatic rings. The first kappa shape index (κ1) is 20.2. The Bertz CT molecular complexity index is 1080. The molecule has 0 spiro atoms. The summed E-state index contributed by atoms with van der Waals surface area (Å²) in [6, 6.07) is 1.71. The highest BCUT2D eigenvalue weighted by Crippen LogP contribution is 2.25. The topological polar surface area (TPSA) is 81.0 Å². The molecule has 4 rings (SSSR count). The van der Waals surface area contributed by atoms with Crippen LogP contribution in [0.5, 0.6) is 5.75 Å². The van der Waals surface area contributed by atoms with Crippen LogP contribution in [0.2, 0.25) is 0 Å². The number of pyridine rings is 2. The Morgan fingerprint density at radius 3 is 2.63 bits per heavy atom. The van der Waals surface area contributed by atoms with Gasteiger partial charge in [0.25, 0.3) is 5.91 Å². The predicted molar refractivity (Wildman–Crippen MR) is 103 cm³/mol. The monoisotopic (exact) mass is 417 g/mol. The fourth-order valence-electron chi connectivity index (χ4n) is 3.34. The summed E-state index contributed by atoms with van der Waals surface area (Å²) in [6.45, 7) is 5.51. The highest BCUT2D eigenvalue weighted by atomic mass is 19.1. The lowest BCUT2D eigenvalue weighted by Crippen LogP contribution is -2.48. The molecule has 4 heterocycles. The van der Waals surface area contributed by atoms with Gasteiger partial charge in [-0.05, 0) is 25.5 Å². The van der Waals surface area contributed by atoms with E-state index in [4.69, 9.17) is 9.47 Å². The van der Waals surface area contributed by atoms with Crippen molar-refractivity contribution < 1.29 is 23.0 Å². The Morgan fingerprint density at radius 1 is 1.23 bits per heavy atom. The van der Waals surface area contributed by atoms with Crippen molar-refractivity contribution in [1.29, 1.82) is 0 Å². The highest BCUT2D eigenvalue weighted by molar-refractivity contribution is 5.94. The second-order valence-corrected chi connectivity index (χ2v) is 7.03. The molecular formula is C20H21F2N5O3. The van der Waals surface area contributed by atoms with Crippen molar-refractivity contribution in [2.75, 3.05) is 26.3 Å². The summed E-state index contributed by atoms with van der Waals surface area (Å²) in [5.41, 5.74) is 4.71. The summed E-state index contributed by atoms with van der Waals surface area (Å²) in [7, 11) is 0. The molecule has 1 aliphatic heterocycles. The van der Waals surface area contributed by atoms with Gasteiger partial charge in [-0.15, -0.1) is 0 Å². The predicted octanol–water partition coefficient (Wildman–Crippen LogP) is 2.18. The number of ether oxygens (including phenoxy) is 2. The van der Waals surface area contributed by atoms with Gasteiger partial charge in [0.2, 0.25) is 0 Å². The zero-order chi connectivity index (χ0) is 21.3. The Morgan fingerprint density at radius 2 is 1.93 bits per heavy atom. The van der Waals surface area contributed by atoms with Crippen LogP contribution in [0.1, 0.15) is 27.3 Å². The lowest BCUT2D eigenvalue weighted by molar-refractivity contribution is 0.0124. The molecule has 1 aliphatic rings. The van der Waals surface area contributed by atoms with E-state index in [2.05, 4.69) is 15.4 Å². The van der Waals surface area contributed by atoms with Gasteiger partial charge in [-0.3, -0.25) is 19.6 Å². The molecule has 0 radical (unpaired) electrons. The van der Waals surface area contributed by atoms with Gasteiger partial charge in [0, 0.05) is 19.3 Å². The van der Waals surface area contributed by atoms with Crippen LogP contribution in [0.15, 0.2) is 24.7 Å². The fraction of sp³-hybridized carbons (Fsp3) is 0.350. The van der Waals surface area contributed by atoms with E-state index in [9.17, 15) is 13.6 Å². The van der Waals surface area contributed by atoms with E-state index in [0.717, 1.165) is 18.0 Å². The average Bonchev–Trinajstić information content (AvgIpc) is 3.04. The number of carbonyl (C=O) groups is 1. The maximum atomic E-state index is 13.9. The lowest BCUT2D eigenvalue weighted by Gasteiger charge is -2.26. The van der Waals surface area contributed by atoms with E-state index in [-0.39, 0.29) is 18.1 Å². The number of morpholine rings is 1. The number of imidazole rings is 1. The fourth-order valence-corrected chi connectivity index (χ4v) is 3.34. The summed E-state index contributed by atoms with van der Waals surface area (Å²) in [6.07, 6.45) is 3.63. The van der Waals surface area contributed by atoms with E-state index >= 15 is 0 Å². The molecule has 1 amide bonds. The van der Waals surface area contributed by atoms with Crippen LogP contribution in [-0.2, 0) is 11.3 Å². The molecule has 1 fully saturated rings. The number of hydrazine groups is 1. The minimum absolute atomic E-state index is 0.224. The van der Waals surface area contributed by atoms with Crippen molar-refractivity contribution in [2.24, 2.45) is 0 Å². The number of fused-ring (bicyclic) bond motifs is 1. The normalized spacial score (nSPS) is 14.8. The number of aryl methyl sites for hydroxylation is 2. The number of aromatic nitrogens is 3. The summed E-state index contributed by atoms with van der Waals surface area (Å²) in [4.78, 5) is 20.8. The molecule has 8 nitrogen and oxygen atoms in total. The van der Waals surface area contributed by atoms with Gasteiger partial charge in [-0.1, -0.05) is 0 Å². The molecule has 0 unspecified atom stereocenters. The summed E-state index contributed by atoms with van der Waals surface area (Å²) < 4.78 is 40.4. The zero-order valence-corrected chi connectivity index (χ0v) is 16.6. The van der Waals surface area contributed by atoms with Crippen LogP contribution >= 0.6 is 0 Å². The van der Waals surface area contributed by atoms with Crippen LogP contribution < -0.4 is 10.2 Å². The van der Waals surface area contributed by atoms with Gasteiger partial charge >= 0.3 is 0 Å². The van der Waals surface area contributed by atoms with E-state index < -0.39 is 11.6 Å². The third-order valence-electron chi connectivity index (χ3n) is 4.81. The van der Waals surface area contributed by atoms with E-state index in [1.807, 2.05) is 6.92 Å². The molecule has 10 heteroatoms. The number of hydrogen-bond donors (Lipinski definition) is 1. The number of nitrogens with one attached hydrogen (secondary N) is 1. The van der Waals surface area contributed by atoms with Crippen LogP contribution in [-0.4, -0.2) is 51.6 Å². The van der Waals surface area contributed by atoms with Crippen molar-refractivity contribution in [3.8, 4) is 5.75 Å². The van der Waals surface area contributed by atoms with Crippen LogP contribution in [0.3, 0.4) is 0 Å². The molecule has 0 aromatic carbocycles. The second-order valence-electron chi connectivity index (χ2n) is 7.03. The van der Waals surface area contributed by atoms with Crippen molar-refractivity contribution >= 4 is 11.6 Å². The van der Waals surface area contributed by atoms with Crippen molar-refractivity contribution in [2.45, 2.75) is 20.5 Å². The lowest BCUT2D eigenvalue weighted by atomic mass is 10.2. The van der Waals surface area contributed by atoms with Gasteiger partial charge in [0.05, 0.1) is 36.9 Å². The molecule has 1 saturated heterocycles. The van der Waals surface area contributed by atoms with Gasteiger partial charge in [0.15, 0.2) is 23.0 Å². The molecule has 0 aliphatic carbocycles. The quantitative estimate of drug-likeness (QED) is 0.686. The summed E-state index contributed by atoms with van der Waals surface area (Å²) in [5.74, 6) is -1.56. The molecule has 158 valence electrons. The van der Waals surface area contributed by atoms with Gasteiger partial charge in [-0.25, -0.2) is 18.8 Å². The van der Waals surface area contributed by atoms with E-state index in [1.54, 1.807) is 28.6 Å². The first-order valence-corrected chi connectivity index (χ1v) is 9.47. The van der Waals surface area contributed by atoms with Gasteiger partial charge in [-0.2, -0.15) is 0 Å². The Labute approximate surface area is 171 Å². The molecule has 0 bridgehead atoms. The second kappa shape index (κ2) is 8.33. The smallest absolute Gasteiger partial charge is 0.284 e. The van der Waals surface area contributed by atoms with Crippen molar-refractivity contribution in [1.82, 2.24) is 24.8 Å². The Kier molecular flexibility index (Phi) is 5.60. The largest absolute Gasteiger partial charge is 0.485 e. The summed E-state index contributed by atoms with van der Waals surface area (Å²) in [5, 5.41) is 1.80. The number of carbonyl (C=O) groups excluding carboxylic acids is 1. The molecule has 1 N–H and O–H groups in total. The molecule has 0 saturated carbocycles. The molecule has 0 atom stereocenters. The number of hydrogen-bond acceptors (Lipinski definition) is 6. The number of nitrogens with zero attached hydrogens (tertiary/aromatic N) is 4. The minimum Gasteiger partial charge on any atom is -0.485 e. The van der Waals surface area contributed by atoms with Crippen molar-refractivity contribution in [3.05, 3.63) is 58.8 Å². The van der Waals surface area contributed by atoms with Crippen LogP contribution in [0.25, 0.3) is 5.65 Å². The van der Waals surface area contributed by atoms with E-state index in [1.165, 1.54) is 0 Å². The van der Waals surface area contributed by atoms with E-state index in [0.29, 0.717) is 49.1 Å². The highest BCUT2D eigenvalue weighted by Gasteiger charge is 2.22. The average molecular weight is 417 g/mol. The SMILES string of the molecule is Cc1cc(OCc2c(F)cncc2F)c2nc(C)c(C(=O)NN3CCOCC3)n2c1. The van der Waals surface area contributed by atoms with Gasteiger partial charge in [0.1, 0.15) is 12.3 Å². The van der Waals surface area contributed by atoms with Gasteiger partial charge < -0.3 is 9.47 Å². The first-order chi connectivity index (χ1) is 14.4. The number of amides is 1. The number of halogens is 2. The number of rotatable bonds is 5. The Hall–Kier alpha value is -3.11. The van der Waals surface area contributed by atoms with Crippen LogP contribution in [0.4, 0.5) is 8.78 Å². The molecule has 30 heavy (non-hydrogen) atoms. The maximum Gasteiger partial charge on any atom is 0.284 e. The third-order valence-corrected chi connectivity index (χ3v) is 4.81. The Balaban J connectivity index is 1.64. The van der Waals surface area contributed by atoms with Crippen molar-refractivity contribution in [3.63, 3.8) is 0 Å². The maximum absolute atomic E-state index is 13.9. The molecule has 3 aromatic heterocycles. The molecular weight excluding hydrogens is 396 g/mol. The third kappa shape index (κ3) is 3.96. The summed E-state index contributed by atoms with van der Waals surface area (Å²) >= 11 is 0.